The van der Waals surface area contributed by atoms with Crippen LogP contribution in [0, 0.1) is 5.92 Å². The summed E-state index contributed by atoms with van der Waals surface area (Å²) < 4.78 is 11.0. The molecular weight excluding hydrogens is 258 g/mol. The Morgan fingerprint density at radius 1 is 1.40 bits per heavy atom. The van der Waals surface area contributed by atoms with Gasteiger partial charge in [0.25, 0.3) is 0 Å². The van der Waals surface area contributed by atoms with Crippen molar-refractivity contribution in [3.63, 3.8) is 0 Å². The van der Waals surface area contributed by atoms with E-state index in [1.165, 1.54) is 0 Å². The second kappa shape index (κ2) is 5.09. The Balaban J connectivity index is 2.03. The number of nitrogens with two attached hydrogens (primary N) is 1. The van der Waals surface area contributed by atoms with Gasteiger partial charge in [0.1, 0.15) is 17.1 Å². The number of hydrogen-bond acceptors (Lipinski definition) is 5. The quantitative estimate of drug-likeness (QED) is 0.901. The van der Waals surface area contributed by atoms with E-state index in [1.807, 2.05) is 34.6 Å². The highest BCUT2D eigenvalue weighted by Gasteiger charge is 2.32. The van der Waals surface area contributed by atoms with Crippen LogP contribution < -0.4 is 5.73 Å². The van der Waals surface area contributed by atoms with E-state index in [1.54, 1.807) is 4.90 Å². The molecule has 20 heavy (non-hydrogen) atoms. The van der Waals surface area contributed by atoms with Crippen LogP contribution in [-0.4, -0.2) is 21.6 Å². The number of fused-ring (bicyclic) bond motifs is 1. The molecule has 112 valence electrons. The summed E-state index contributed by atoms with van der Waals surface area (Å²) in [4.78, 5) is 17.9. The lowest BCUT2D eigenvalue weighted by molar-refractivity contribution is 0.0230. The Morgan fingerprint density at radius 2 is 2.05 bits per heavy atom. The molecule has 0 radical (unpaired) electrons. The van der Waals surface area contributed by atoms with Crippen molar-refractivity contribution >= 4 is 6.09 Å². The van der Waals surface area contributed by atoms with E-state index >= 15 is 0 Å². The van der Waals surface area contributed by atoms with Gasteiger partial charge in [0.2, 0.25) is 5.89 Å². The highest BCUT2D eigenvalue weighted by Crippen LogP contribution is 2.28. The first-order chi connectivity index (χ1) is 9.17. The molecule has 0 saturated carbocycles. The molecule has 0 aromatic carbocycles. The molecule has 0 fully saturated rings. The zero-order valence-electron chi connectivity index (χ0n) is 12.8. The molecule has 0 bridgehead atoms. The summed E-state index contributed by atoms with van der Waals surface area (Å²) in [5.41, 5.74) is 6.29. The fourth-order valence-electron chi connectivity index (χ4n) is 1.94. The van der Waals surface area contributed by atoms with Gasteiger partial charge in [-0.05, 0) is 26.7 Å². The van der Waals surface area contributed by atoms with Gasteiger partial charge in [-0.15, -0.1) is 0 Å². The van der Waals surface area contributed by atoms with Crippen molar-refractivity contribution in [1.29, 1.82) is 0 Å². The predicted molar refractivity (Wildman–Crippen MR) is 73.8 cm³/mol. The molecule has 0 spiro atoms. The smallest absolute Gasteiger partial charge is 0.411 e. The Morgan fingerprint density at radius 3 is 2.55 bits per heavy atom. The largest absolute Gasteiger partial charge is 0.444 e. The van der Waals surface area contributed by atoms with Gasteiger partial charge in [0, 0.05) is 0 Å². The molecule has 1 aromatic rings. The molecule has 0 aliphatic carbocycles. The summed E-state index contributed by atoms with van der Waals surface area (Å²) >= 11 is 0. The lowest BCUT2D eigenvalue weighted by atomic mass is 10.1. The van der Waals surface area contributed by atoms with Crippen LogP contribution in [0.3, 0.4) is 0 Å². The third kappa shape index (κ3) is 3.12. The first-order valence-electron chi connectivity index (χ1n) is 6.89. The molecule has 1 aliphatic rings. The Labute approximate surface area is 119 Å². The normalized spacial score (nSPS) is 16.4. The van der Waals surface area contributed by atoms with E-state index in [9.17, 15) is 4.79 Å². The van der Waals surface area contributed by atoms with Crippen molar-refractivity contribution in [2.45, 2.75) is 59.4 Å². The van der Waals surface area contributed by atoms with E-state index in [2.05, 4.69) is 4.98 Å². The maximum Gasteiger partial charge on any atom is 0.411 e. The monoisotopic (exact) mass is 281 g/mol. The topological polar surface area (TPSA) is 81.6 Å². The summed E-state index contributed by atoms with van der Waals surface area (Å²) in [6.07, 6.45) is -0.347. The molecule has 2 heterocycles. The van der Waals surface area contributed by atoms with Gasteiger partial charge < -0.3 is 14.9 Å². The molecular formula is C14H23N3O3. The zero-order chi connectivity index (χ0) is 15.1. The minimum Gasteiger partial charge on any atom is -0.444 e. The highest BCUT2D eigenvalue weighted by atomic mass is 16.6. The van der Waals surface area contributed by atoms with Crippen LogP contribution >= 0.6 is 0 Å². The molecule has 6 heteroatoms. The molecule has 2 N–H and O–H groups in total. The number of carbonyl (C=O) groups is 1. The van der Waals surface area contributed by atoms with Gasteiger partial charge >= 0.3 is 6.09 Å². The first-order valence-corrected chi connectivity index (χ1v) is 6.89. The Kier molecular flexibility index (Phi) is 3.77. The standard InChI is InChI=1S/C14H23N3O3/c1-8(2)11(15)12-16-9-6-17(7-10(9)19-12)13(18)20-14(3,4)5/h8,11H,6-7,15H2,1-5H3. The van der Waals surface area contributed by atoms with Crippen molar-refractivity contribution in [2.24, 2.45) is 11.7 Å². The number of aromatic nitrogens is 1. The molecule has 1 amide bonds. The second-order valence-electron chi connectivity index (χ2n) is 6.53. The Bertz CT molecular complexity index is 479. The van der Waals surface area contributed by atoms with Gasteiger partial charge in [-0.1, -0.05) is 13.8 Å². The lowest BCUT2D eigenvalue weighted by Crippen LogP contribution is -2.33. The maximum atomic E-state index is 12.0. The van der Waals surface area contributed by atoms with Crippen molar-refractivity contribution in [3.05, 3.63) is 17.3 Å². The fourth-order valence-corrected chi connectivity index (χ4v) is 1.94. The SMILES string of the molecule is CC(C)C(N)c1nc2c(o1)CN(C(=O)OC(C)(C)C)C2. The third-order valence-electron chi connectivity index (χ3n) is 3.12. The van der Waals surface area contributed by atoms with E-state index in [-0.39, 0.29) is 18.1 Å². The van der Waals surface area contributed by atoms with Crippen molar-refractivity contribution < 1.29 is 13.9 Å². The molecule has 6 nitrogen and oxygen atoms in total. The van der Waals surface area contributed by atoms with Crippen LogP contribution in [0.25, 0.3) is 0 Å². The number of amides is 1. The fraction of sp³-hybridized carbons (Fsp3) is 0.714. The summed E-state index contributed by atoms with van der Waals surface area (Å²) in [6, 6.07) is -0.212. The molecule has 1 aromatic heterocycles. The third-order valence-corrected chi connectivity index (χ3v) is 3.12. The highest BCUT2D eigenvalue weighted by molar-refractivity contribution is 5.68. The van der Waals surface area contributed by atoms with Crippen LogP contribution in [-0.2, 0) is 17.8 Å². The molecule has 1 unspecified atom stereocenters. The second-order valence-corrected chi connectivity index (χ2v) is 6.53. The van der Waals surface area contributed by atoms with Gasteiger partial charge in [0.05, 0.1) is 19.1 Å². The maximum absolute atomic E-state index is 12.0. The molecule has 1 atom stereocenters. The average molecular weight is 281 g/mol. The number of hydrogen-bond donors (Lipinski definition) is 1. The number of ether oxygens (including phenoxy) is 1. The minimum absolute atomic E-state index is 0.212. The van der Waals surface area contributed by atoms with E-state index < -0.39 is 5.60 Å². The van der Waals surface area contributed by atoms with Crippen molar-refractivity contribution in [2.75, 3.05) is 0 Å². The van der Waals surface area contributed by atoms with Crippen LogP contribution in [0.1, 0.15) is 58.0 Å². The van der Waals surface area contributed by atoms with Gasteiger partial charge in [0.15, 0.2) is 0 Å². The van der Waals surface area contributed by atoms with Crippen LogP contribution in [0.4, 0.5) is 4.79 Å². The Hall–Kier alpha value is -1.56. The zero-order valence-corrected chi connectivity index (χ0v) is 12.8. The summed E-state index contributed by atoms with van der Waals surface area (Å²) in [5, 5.41) is 0. The molecule has 1 aliphatic heterocycles. The number of oxazole rings is 1. The van der Waals surface area contributed by atoms with Crippen LogP contribution in [0.2, 0.25) is 0 Å². The van der Waals surface area contributed by atoms with Crippen molar-refractivity contribution in [1.82, 2.24) is 9.88 Å². The van der Waals surface area contributed by atoms with Crippen LogP contribution in [0.5, 0.6) is 0 Å². The van der Waals surface area contributed by atoms with Gasteiger partial charge in [-0.2, -0.15) is 0 Å². The summed E-state index contributed by atoms with van der Waals surface area (Å²) in [5.74, 6) is 1.52. The van der Waals surface area contributed by atoms with Gasteiger partial charge in [-0.3, -0.25) is 4.90 Å². The first kappa shape index (κ1) is 14.8. The predicted octanol–water partition coefficient (Wildman–Crippen LogP) is 2.58. The number of rotatable bonds is 2. The molecule has 2 rings (SSSR count). The summed E-state index contributed by atoms with van der Waals surface area (Å²) in [7, 11) is 0. The number of carbonyl (C=O) groups excluding carboxylic acids is 1. The minimum atomic E-state index is -0.501. The average Bonchev–Trinajstić information content (AvgIpc) is 2.82. The lowest BCUT2D eigenvalue weighted by Gasteiger charge is -2.24. The molecule has 0 saturated heterocycles. The summed E-state index contributed by atoms with van der Waals surface area (Å²) in [6.45, 7) is 10.4. The van der Waals surface area contributed by atoms with Crippen LogP contribution in [0.15, 0.2) is 4.42 Å². The van der Waals surface area contributed by atoms with E-state index in [0.717, 1.165) is 5.69 Å². The van der Waals surface area contributed by atoms with E-state index in [4.69, 9.17) is 14.9 Å². The number of nitrogens with zero attached hydrogens (tertiary/aromatic N) is 2. The van der Waals surface area contributed by atoms with E-state index in [0.29, 0.717) is 24.7 Å². The van der Waals surface area contributed by atoms with Gasteiger partial charge in [-0.25, -0.2) is 9.78 Å². The van der Waals surface area contributed by atoms with Crippen molar-refractivity contribution in [3.8, 4) is 0 Å².